The van der Waals surface area contributed by atoms with Crippen LogP contribution in [0.3, 0.4) is 0 Å². The number of piperidine rings is 2. The predicted molar refractivity (Wildman–Crippen MR) is 68.0 cm³/mol. The summed E-state index contributed by atoms with van der Waals surface area (Å²) < 4.78 is 0. The molecule has 0 aromatic heterocycles. The second-order valence-electron chi connectivity index (χ2n) is 5.87. The van der Waals surface area contributed by atoms with Gasteiger partial charge in [0.05, 0.1) is 12.2 Å². The van der Waals surface area contributed by atoms with E-state index in [9.17, 15) is 10.2 Å². The number of likely N-dealkylation sites (N-methyl/N-ethyl adjacent to an activating group) is 1. The van der Waals surface area contributed by atoms with E-state index in [-0.39, 0.29) is 12.6 Å². The van der Waals surface area contributed by atoms with E-state index in [2.05, 4.69) is 16.8 Å². The molecule has 0 aromatic carbocycles. The highest BCUT2D eigenvalue weighted by atomic mass is 16.3. The highest BCUT2D eigenvalue weighted by Gasteiger charge is 2.36. The number of aliphatic hydroxyl groups excluding tert-OH is 1. The van der Waals surface area contributed by atoms with E-state index in [0.717, 1.165) is 45.4 Å². The molecule has 0 bridgehead atoms. The van der Waals surface area contributed by atoms with E-state index in [1.165, 1.54) is 12.8 Å². The van der Waals surface area contributed by atoms with Gasteiger partial charge in [0.2, 0.25) is 0 Å². The van der Waals surface area contributed by atoms with Crippen molar-refractivity contribution in [2.75, 3.05) is 39.8 Å². The lowest BCUT2D eigenvalue weighted by molar-refractivity contribution is -0.0643. The average Bonchev–Trinajstić information content (AvgIpc) is 2.29. The summed E-state index contributed by atoms with van der Waals surface area (Å²) in [7, 11) is 2.07. The van der Waals surface area contributed by atoms with Crippen molar-refractivity contribution in [3.63, 3.8) is 0 Å². The Labute approximate surface area is 104 Å². The molecule has 2 aliphatic rings. The van der Waals surface area contributed by atoms with Crippen molar-refractivity contribution in [1.29, 1.82) is 0 Å². The van der Waals surface area contributed by atoms with Gasteiger partial charge in [-0.1, -0.05) is 6.42 Å². The highest BCUT2D eigenvalue weighted by Crippen LogP contribution is 2.25. The summed E-state index contributed by atoms with van der Waals surface area (Å²) in [6.45, 7) is 3.83. The molecule has 0 aliphatic carbocycles. The molecule has 0 radical (unpaired) electrons. The van der Waals surface area contributed by atoms with Crippen LogP contribution in [0.15, 0.2) is 0 Å². The van der Waals surface area contributed by atoms with Crippen molar-refractivity contribution in [2.45, 2.75) is 43.7 Å². The fourth-order valence-corrected chi connectivity index (χ4v) is 3.32. The molecule has 0 aromatic rings. The predicted octanol–water partition coefficient (Wildman–Crippen LogP) is 0.290. The number of β-amino-alcohol motifs (C(OH)–C–C–N with tert-alkyl or cyclic N) is 1. The molecule has 100 valence electrons. The molecule has 2 atom stereocenters. The second-order valence-corrected chi connectivity index (χ2v) is 5.87. The number of nitrogens with zero attached hydrogens (tertiary/aromatic N) is 2. The Bertz CT molecular complexity index is 250. The first-order chi connectivity index (χ1) is 8.13. The third kappa shape index (κ3) is 3.41. The molecule has 0 unspecified atom stereocenters. The van der Waals surface area contributed by atoms with Crippen molar-refractivity contribution < 1.29 is 10.2 Å². The largest absolute Gasteiger partial charge is 0.395 e. The number of hydrogen-bond acceptors (Lipinski definition) is 4. The molecule has 0 spiro atoms. The van der Waals surface area contributed by atoms with E-state index in [1.807, 2.05) is 0 Å². The average molecular weight is 242 g/mol. The van der Waals surface area contributed by atoms with Crippen molar-refractivity contribution in [2.24, 2.45) is 0 Å². The summed E-state index contributed by atoms with van der Waals surface area (Å²) in [6, 6.07) is 0.264. The summed E-state index contributed by atoms with van der Waals surface area (Å²) in [5.74, 6) is 0. The Hall–Kier alpha value is -0.160. The van der Waals surface area contributed by atoms with Crippen LogP contribution >= 0.6 is 0 Å². The maximum Gasteiger partial charge on any atom is 0.0900 e. The minimum atomic E-state index is -0.572. The van der Waals surface area contributed by atoms with Crippen LogP contribution in [0.2, 0.25) is 0 Å². The van der Waals surface area contributed by atoms with E-state index in [1.54, 1.807) is 0 Å². The van der Waals surface area contributed by atoms with Gasteiger partial charge in [0.25, 0.3) is 0 Å². The Morgan fingerprint density at radius 1 is 1.24 bits per heavy atom. The lowest BCUT2D eigenvalue weighted by Gasteiger charge is -2.44. The van der Waals surface area contributed by atoms with Crippen molar-refractivity contribution in [1.82, 2.24) is 9.80 Å². The summed E-state index contributed by atoms with van der Waals surface area (Å²) in [4.78, 5) is 4.50. The van der Waals surface area contributed by atoms with Gasteiger partial charge in [0, 0.05) is 19.1 Å². The fourth-order valence-electron chi connectivity index (χ4n) is 3.32. The van der Waals surface area contributed by atoms with Gasteiger partial charge in [0.15, 0.2) is 0 Å². The molecule has 0 amide bonds. The van der Waals surface area contributed by atoms with Crippen LogP contribution in [0.25, 0.3) is 0 Å². The van der Waals surface area contributed by atoms with Gasteiger partial charge in [-0.3, -0.25) is 4.90 Å². The first-order valence-corrected chi connectivity index (χ1v) is 6.89. The third-order valence-corrected chi connectivity index (χ3v) is 4.20. The molecular weight excluding hydrogens is 216 g/mol. The van der Waals surface area contributed by atoms with Crippen LogP contribution < -0.4 is 0 Å². The van der Waals surface area contributed by atoms with Crippen molar-refractivity contribution >= 4 is 0 Å². The standard InChI is InChI=1S/C13H26N2O2/c1-14-7-4-6-13(17,10-14)11-15-8-3-2-5-12(15)9-16/h12,16-17H,2-11H2,1H3/t12-,13+/m0/s1. The monoisotopic (exact) mass is 242 g/mol. The number of hydrogen-bond donors (Lipinski definition) is 2. The zero-order chi connectivity index (χ0) is 12.3. The van der Waals surface area contributed by atoms with Crippen LogP contribution in [0.5, 0.6) is 0 Å². The molecule has 0 saturated carbocycles. The lowest BCUT2D eigenvalue weighted by Crippen LogP contribution is -2.56. The van der Waals surface area contributed by atoms with Gasteiger partial charge >= 0.3 is 0 Å². The van der Waals surface area contributed by atoms with Crippen LogP contribution in [0.1, 0.15) is 32.1 Å². The minimum Gasteiger partial charge on any atom is -0.395 e. The van der Waals surface area contributed by atoms with Crippen LogP contribution in [-0.4, -0.2) is 71.5 Å². The smallest absolute Gasteiger partial charge is 0.0900 e. The molecule has 2 N–H and O–H groups in total. The summed E-state index contributed by atoms with van der Waals surface area (Å²) in [5, 5.41) is 20.0. The molecule has 2 heterocycles. The quantitative estimate of drug-likeness (QED) is 0.747. The summed E-state index contributed by atoms with van der Waals surface area (Å²) in [5.41, 5.74) is -0.572. The van der Waals surface area contributed by atoms with Gasteiger partial charge in [-0.05, 0) is 45.8 Å². The van der Waals surface area contributed by atoms with E-state index in [4.69, 9.17) is 0 Å². The Morgan fingerprint density at radius 3 is 2.76 bits per heavy atom. The molecule has 4 heteroatoms. The lowest BCUT2D eigenvalue weighted by atomic mass is 9.90. The number of rotatable bonds is 3. The minimum absolute atomic E-state index is 0.228. The van der Waals surface area contributed by atoms with Gasteiger partial charge in [-0.25, -0.2) is 0 Å². The van der Waals surface area contributed by atoms with Crippen LogP contribution in [0.4, 0.5) is 0 Å². The molecule has 2 rings (SSSR count). The SMILES string of the molecule is CN1CCC[C@](O)(CN2CCCC[C@H]2CO)C1. The fraction of sp³-hybridized carbons (Fsp3) is 1.00. The molecule has 17 heavy (non-hydrogen) atoms. The number of aliphatic hydroxyl groups is 2. The Balaban J connectivity index is 1.93. The van der Waals surface area contributed by atoms with Gasteiger partial charge in [-0.15, -0.1) is 0 Å². The third-order valence-electron chi connectivity index (χ3n) is 4.20. The number of likely N-dealkylation sites (tertiary alicyclic amines) is 2. The highest BCUT2D eigenvalue weighted by molar-refractivity contribution is 4.91. The maximum absolute atomic E-state index is 10.6. The molecule has 4 nitrogen and oxygen atoms in total. The van der Waals surface area contributed by atoms with E-state index in [0.29, 0.717) is 0 Å². The molecule has 2 aliphatic heterocycles. The van der Waals surface area contributed by atoms with Crippen LogP contribution in [0, 0.1) is 0 Å². The van der Waals surface area contributed by atoms with Crippen molar-refractivity contribution in [3.8, 4) is 0 Å². The molecular formula is C13H26N2O2. The normalized spacial score (nSPS) is 37.2. The van der Waals surface area contributed by atoms with Gasteiger partial charge in [0.1, 0.15) is 0 Å². The van der Waals surface area contributed by atoms with Gasteiger partial charge < -0.3 is 15.1 Å². The van der Waals surface area contributed by atoms with E-state index >= 15 is 0 Å². The first-order valence-electron chi connectivity index (χ1n) is 6.89. The van der Waals surface area contributed by atoms with E-state index < -0.39 is 5.60 Å². The zero-order valence-electron chi connectivity index (χ0n) is 10.9. The Kier molecular flexibility index (Phi) is 4.42. The van der Waals surface area contributed by atoms with Gasteiger partial charge in [-0.2, -0.15) is 0 Å². The maximum atomic E-state index is 10.6. The zero-order valence-corrected chi connectivity index (χ0v) is 10.9. The molecule has 2 saturated heterocycles. The summed E-state index contributed by atoms with van der Waals surface area (Å²) in [6.07, 6.45) is 5.45. The first kappa shape index (κ1) is 13.3. The van der Waals surface area contributed by atoms with Crippen LogP contribution in [-0.2, 0) is 0 Å². The second kappa shape index (κ2) is 5.65. The molecule has 2 fully saturated rings. The topological polar surface area (TPSA) is 46.9 Å². The van der Waals surface area contributed by atoms with Crippen molar-refractivity contribution in [3.05, 3.63) is 0 Å². The Morgan fingerprint density at radius 2 is 2.06 bits per heavy atom. The summed E-state index contributed by atoms with van der Waals surface area (Å²) >= 11 is 0.